The van der Waals surface area contributed by atoms with Crippen LogP contribution in [0.25, 0.3) is 11.0 Å². The van der Waals surface area contributed by atoms with E-state index < -0.39 is 6.67 Å². The second kappa shape index (κ2) is 6.05. The molecule has 6 heteroatoms. The van der Waals surface area contributed by atoms with Gasteiger partial charge in [-0.15, -0.1) is 0 Å². The van der Waals surface area contributed by atoms with Crippen LogP contribution in [0, 0.1) is 25.7 Å². The molecular formula is C17H15FN4O. The van der Waals surface area contributed by atoms with Crippen molar-refractivity contribution >= 4 is 16.8 Å². The minimum Gasteiger partial charge on any atom is -0.333 e. The van der Waals surface area contributed by atoms with Gasteiger partial charge in [0, 0.05) is 29.3 Å². The number of alkyl halides is 1. The zero-order valence-corrected chi connectivity index (χ0v) is 12.8. The Morgan fingerprint density at radius 3 is 2.87 bits per heavy atom. The number of ketones is 1. The molecule has 2 N–H and O–H groups in total. The third-order valence-electron chi connectivity index (χ3n) is 3.70. The lowest BCUT2D eigenvalue weighted by Crippen LogP contribution is -2.06. The van der Waals surface area contributed by atoms with Crippen LogP contribution < -0.4 is 0 Å². The van der Waals surface area contributed by atoms with Gasteiger partial charge in [0.1, 0.15) is 11.3 Å². The number of aromatic nitrogens is 4. The highest BCUT2D eigenvalue weighted by atomic mass is 19.1. The Hall–Kier alpha value is -2.94. The van der Waals surface area contributed by atoms with Crippen LogP contribution in [-0.4, -0.2) is 32.6 Å². The standard InChI is InChI=1S/C17H15FN4O/c1-10-11(2)21-22-16(10)15(23)7-12-6-13-8-14(4-3-5-18)20-17(13)19-9-12/h6,8-9H,5,7H2,1-2H3,(H,19,20)(H,21,22). The summed E-state index contributed by atoms with van der Waals surface area (Å²) in [5.41, 5.74) is 4.29. The quantitative estimate of drug-likeness (QED) is 0.577. The molecule has 0 saturated heterocycles. The number of pyridine rings is 1. The van der Waals surface area contributed by atoms with Crippen LogP contribution in [0.5, 0.6) is 0 Å². The number of fused-ring (bicyclic) bond motifs is 1. The largest absolute Gasteiger partial charge is 0.333 e. The Labute approximate surface area is 132 Å². The molecule has 0 aliphatic rings. The van der Waals surface area contributed by atoms with Crippen molar-refractivity contribution in [1.29, 1.82) is 0 Å². The van der Waals surface area contributed by atoms with E-state index in [1.54, 1.807) is 12.3 Å². The van der Waals surface area contributed by atoms with Crippen molar-refractivity contribution < 1.29 is 9.18 Å². The van der Waals surface area contributed by atoms with E-state index >= 15 is 0 Å². The summed E-state index contributed by atoms with van der Waals surface area (Å²) >= 11 is 0. The van der Waals surface area contributed by atoms with Crippen LogP contribution in [-0.2, 0) is 6.42 Å². The number of hydrogen-bond donors (Lipinski definition) is 2. The number of carbonyl (C=O) groups is 1. The minimum absolute atomic E-state index is 0.0546. The number of nitrogens with one attached hydrogen (secondary N) is 2. The summed E-state index contributed by atoms with van der Waals surface area (Å²) in [6.45, 7) is 3.06. The van der Waals surface area contributed by atoms with Crippen molar-refractivity contribution in [3.05, 3.63) is 46.5 Å². The maximum atomic E-state index is 12.3. The van der Waals surface area contributed by atoms with E-state index in [0.29, 0.717) is 17.0 Å². The van der Waals surface area contributed by atoms with Crippen LogP contribution in [0.3, 0.4) is 0 Å². The number of nitrogens with zero attached hydrogens (tertiary/aromatic N) is 2. The number of rotatable bonds is 3. The predicted molar refractivity (Wildman–Crippen MR) is 85.0 cm³/mol. The molecular weight excluding hydrogens is 295 g/mol. The Kier molecular flexibility index (Phi) is 3.94. The Morgan fingerprint density at radius 1 is 1.35 bits per heavy atom. The van der Waals surface area contributed by atoms with Gasteiger partial charge in [-0.1, -0.05) is 5.92 Å². The molecule has 0 fully saturated rings. The van der Waals surface area contributed by atoms with Crippen molar-refractivity contribution in [2.75, 3.05) is 6.67 Å². The lowest BCUT2D eigenvalue weighted by atomic mass is 10.1. The molecule has 23 heavy (non-hydrogen) atoms. The average Bonchev–Trinajstić information content (AvgIpc) is 3.08. The molecule has 3 aromatic heterocycles. The molecule has 0 amide bonds. The summed E-state index contributed by atoms with van der Waals surface area (Å²) in [6, 6.07) is 3.68. The number of H-pyrrole nitrogens is 2. The Balaban J connectivity index is 1.85. The molecule has 116 valence electrons. The first kappa shape index (κ1) is 15.0. The highest BCUT2D eigenvalue weighted by Gasteiger charge is 2.15. The van der Waals surface area contributed by atoms with Gasteiger partial charge in [0.25, 0.3) is 0 Å². The molecule has 0 atom stereocenters. The maximum absolute atomic E-state index is 12.3. The number of aryl methyl sites for hydroxylation is 1. The summed E-state index contributed by atoms with van der Waals surface area (Å²) in [6.07, 6.45) is 1.88. The van der Waals surface area contributed by atoms with Crippen molar-refractivity contribution in [3.8, 4) is 11.8 Å². The molecule has 0 aromatic carbocycles. The average molecular weight is 310 g/mol. The second-order valence-corrected chi connectivity index (χ2v) is 5.32. The zero-order chi connectivity index (χ0) is 16.4. The topological polar surface area (TPSA) is 74.4 Å². The van der Waals surface area contributed by atoms with Gasteiger partial charge in [-0.25, -0.2) is 9.37 Å². The van der Waals surface area contributed by atoms with Gasteiger partial charge in [-0.3, -0.25) is 9.89 Å². The summed E-state index contributed by atoms with van der Waals surface area (Å²) in [5.74, 6) is 4.98. The molecule has 5 nitrogen and oxygen atoms in total. The zero-order valence-electron chi connectivity index (χ0n) is 12.8. The van der Waals surface area contributed by atoms with Crippen LogP contribution in [0.2, 0.25) is 0 Å². The molecule has 0 radical (unpaired) electrons. The van der Waals surface area contributed by atoms with Crippen LogP contribution in [0.15, 0.2) is 18.3 Å². The van der Waals surface area contributed by atoms with Gasteiger partial charge >= 0.3 is 0 Å². The monoisotopic (exact) mass is 310 g/mol. The fraction of sp³-hybridized carbons (Fsp3) is 0.235. The van der Waals surface area contributed by atoms with Crippen molar-refractivity contribution in [3.63, 3.8) is 0 Å². The first-order valence-electron chi connectivity index (χ1n) is 7.15. The van der Waals surface area contributed by atoms with Gasteiger partial charge in [0.15, 0.2) is 12.5 Å². The van der Waals surface area contributed by atoms with E-state index in [-0.39, 0.29) is 12.2 Å². The lowest BCUT2D eigenvalue weighted by molar-refractivity contribution is 0.0987. The smallest absolute Gasteiger partial charge is 0.187 e. The summed E-state index contributed by atoms with van der Waals surface area (Å²) in [4.78, 5) is 19.6. The maximum Gasteiger partial charge on any atom is 0.187 e. The molecule has 0 aliphatic heterocycles. The lowest BCUT2D eigenvalue weighted by Gasteiger charge is -2.00. The van der Waals surface area contributed by atoms with Crippen LogP contribution in [0.1, 0.15) is 33.0 Å². The first-order valence-corrected chi connectivity index (χ1v) is 7.15. The van der Waals surface area contributed by atoms with E-state index in [2.05, 4.69) is 32.0 Å². The van der Waals surface area contributed by atoms with Gasteiger partial charge in [0.2, 0.25) is 0 Å². The van der Waals surface area contributed by atoms with Gasteiger partial charge in [-0.2, -0.15) is 5.10 Å². The molecule has 0 unspecified atom stereocenters. The predicted octanol–water partition coefficient (Wildman–Crippen LogP) is 2.65. The summed E-state index contributed by atoms with van der Waals surface area (Å²) < 4.78 is 12.1. The molecule has 3 rings (SSSR count). The fourth-order valence-electron chi connectivity index (χ4n) is 2.38. The van der Waals surface area contributed by atoms with Crippen molar-refractivity contribution in [2.45, 2.75) is 20.3 Å². The number of hydrogen-bond acceptors (Lipinski definition) is 3. The van der Waals surface area contributed by atoms with E-state index in [4.69, 9.17) is 0 Å². The van der Waals surface area contributed by atoms with Gasteiger partial charge < -0.3 is 4.98 Å². The fourth-order valence-corrected chi connectivity index (χ4v) is 2.38. The number of Topliss-reactive ketones (excluding diaryl/α,β-unsaturated/α-hetero) is 1. The molecule has 0 aliphatic carbocycles. The Morgan fingerprint density at radius 2 is 2.17 bits per heavy atom. The highest BCUT2D eigenvalue weighted by molar-refractivity contribution is 5.97. The van der Waals surface area contributed by atoms with Gasteiger partial charge in [0.05, 0.1) is 5.69 Å². The third-order valence-corrected chi connectivity index (χ3v) is 3.70. The second-order valence-electron chi connectivity index (χ2n) is 5.32. The number of aromatic amines is 2. The normalized spacial score (nSPS) is 10.6. The van der Waals surface area contributed by atoms with E-state index in [1.165, 1.54) is 0 Å². The van der Waals surface area contributed by atoms with Crippen molar-refractivity contribution in [2.24, 2.45) is 0 Å². The highest BCUT2D eigenvalue weighted by Crippen LogP contribution is 2.17. The molecule has 0 bridgehead atoms. The van der Waals surface area contributed by atoms with E-state index in [0.717, 1.165) is 22.2 Å². The van der Waals surface area contributed by atoms with E-state index in [1.807, 2.05) is 19.9 Å². The molecule has 3 aromatic rings. The molecule has 3 heterocycles. The number of halogens is 1. The van der Waals surface area contributed by atoms with Crippen molar-refractivity contribution in [1.82, 2.24) is 20.2 Å². The Bertz CT molecular complexity index is 943. The molecule has 0 spiro atoms. The van der Waals surface area contributed by atoms with Crippen LogP contribution >= 0.6 is 0 Å². The SMILES string of the molecule is Cc1[nH]nc(C(=O)Cc2cnc3[nH]c(C#CCF)cc3c2)c1C. The number of carbonyl (C=O) groups excluding carboxylic acids is 1. The van der Waals surface area contributed by atoms with Crippen LogP contribution in [0.4, 0.5) is 4.39 Å². The minimum atomic E-state index is -0.690. The first-order chi connectivity index (χ1) is 11.1. The summed E-state index contributed by atoms with van der Waals surface area (Å²) in [7, 11) is 0. The summed E-state index contributed by atoms with van der Waals surface area (Å²) in [5, 5.41) is 7.72. The van der Waals surface area contributed by atoms with E-state index in [9.17, 15) is 9.18 Å². The molecule has 0 saturated carbocycles. The third kappa shape index (κ3) is 2.99. The van der Waals surface area contributed by atoms with Gasteiger partial charge in [-0.05, 0) is 37.5 Å².